The highest BCUT2D eigenvalue weighted by Gasteiger charge is 2.49. The van der Waals surface area contributed by atoms with Gasteiger partial charge in [-0.25, -0.2) is 0 Å². The van der Waals surface area contributed by atoms with Gasteiger partial charge in [0.2, 0.25) is 16.8 Å². The highest BCUT2D eigenvalue weighted by atomic mass is 28.5. The molecule has 0 aromatic carbocycles. The van der Waals surface area contributed by atoms with Crippen LogP contribution in [0.25, 0.3) is 0 Å². The molecule has 0 amide bonds. The van der Waals surface area contributed by atoms with E-state index in [1.54, 1.807) is 0 Å². The average Bonchev–Trinajstić information content (AvgIpc) is 2.52. The zero-order chi connectivity index (χ0) is 19.7. The first kappa shape index (κ1) is 22.0. The molecule has 4 nitrogen and oxygen atoms in total. The van der Waals surface area contributed by atoms with Crippen LogP contribution in [-0.2, 0) is 4.43 Å². The molecule has 3 N–H and O–H groups in total. The summed E-state index contributed by atoms with van der Waals surface area (Å²) < 4.78 is 18.2. The molecular formula is C18H37N3OSi4. The normalized spacial score (nSPS) is 37.3. The molecule has 2 aliphatic rings. The molecule has 0 bridgehead atoms. The van der Waals surface area contributed by atoms with Gasteiger partial charge in [0.05, 0.1) is 0 Å². The molecule has 0 radical (unpaired) electrons. The molecule has 2 unspecified atom stereocenters. The first-order chi connectivity index (χ1) is 11.9. The molecule has 1 aliphatic heterocycles. The first-order valence-electron chi connectivity index (χ1n) is 9.76. The fourth-order valence-electron chi connectivity index (χ4n) is 4.14. The fraction of sp³-hybridized carbons (Fsp3) is 0.667. The lowest BCUT2D eigenvalue weighted by molar-refractivity contribution is 0.0796. The van der Waals surface area contributed by atoms with E-state index >= 15 is 0 Å². The first-order valence-corrected chi connectivity index (χ1v) is 20.8. The van der Waals surface area contributed by atoms with Crippen LogP contribution in [0, 0.1) is 11.5 Å². The van der Waals surface area contributed by atoms with Gasteiger partial charge in [-0.15, -0.1) is 13.2 Å². The van der Waals surface area contributed by atoms with Gasteiger partial charge in [0, 0.05) is 0 Å². The average molecular weight is 424 g/mol. The Morgan fingerprint density at radius 2 is 1.42 bits per heavy atom. The van der Waals surface area contributed by atoms with Crippen LogP contribution in [0.5, 0.6) is 0 Å². The standard InChI is InChI=1S/C18H37N3OSi4/c1-9-24(6)19-25(7,10-2)21-26(8,20-24)17-16-18(22-23(3,4)5)14-12-11-13-15-18/h9-10,19-21H,1-2,11-15H2,3-8H3. The van der Waals surface area contributed by atoms with Crippen LogP contribution < -0.4 is 13.9 Å². The predicted octanol–water partition coefficient (Wildman–Crippen LogP) is 3.53. The number of rotatable bonds is 4. The fourth-order valence-corrected chi connectivity index (χ4v) is 23.2. The van der Waals surface area contributed by atoms with Crippen LogP contribution >= 0.6 is 0 Å². The van der Waals surface area contributed by atoms with E-state index in [-0.39, 0.29) is 5.60 Å². The molecule has 0 spiro atoms. The second-order valence-electron chi connectivity index (χ2n) is 9.33. The zero-order valence-corrected chi connectivity index (χ0v) is 21.5. The summed E-state index contributed by atoms with van der Waals surface area (Å²) in [7, 11) is -7.70. The SMILES string of the molecule is C=C[Si]1(C)N[Si](C)(C#CC2(O[Si](C)(C)C)CCCCC2)N[Si](C)(C=C)N1. The van der Waals surface area contributed by atoms with Crippen molar-refractivity contribution < 1.29 is 4.43 Å². The summed E-state index contributed by atoms with van der Waals surface area (Å²) in [5.41, 5.74) is 7.64. The van der Waals surface area contributed by atoms with Crippen LogP contribution in [0.3, 0.4) is 0 Å². The van der Waals surface area contributed by atoms with E-state index in [0.717, 1.165) is 12.8 Å². The zero-order valence-electron chi connectivity index (χ0n) is 17.5. The summed E-state index contributed by atoms with van der Waals surface area (Å²) in [6.45, 7) is 21.8. The Balaban J connectivity index is 2.36. The van der Waals surface area contributed by atoms with Crippen molar-refractivity contribution in [3.63, 3.8) is 0 Å². The van der Waals surface area contributed by atoms with E-state index in [2.05, 4.69) is 89.2 Å². The van der Waals surface area contributed by atoms with E-state index in [0.29, 0.717) is 0 Å². The third-order valence-corrected chi connectivity index (χ3v) is 20.6. The highest BCUT2D eigenvalue weighted by molar-refractivity contribution is 7.10. The lowest BCUT2D eigenvalue weighted by atomic mass is 9.86. The van der Waals surface area contributed by atoms with E-state index in [1.165, 1.54) is 19.3 Å². The molecule has 1 saturated heterocycles. The van der Waals surface area contributed by atoms with Crippen molar-refractivity contribution in [3.05, 3.63) is 24.6 Å². The van der Waals surface area contributed by atoms with E-state index in [9.17, 15) is 0 Å². The largest absolute Gasteiger partial charge is 0.402 e. The number of hydrogen-bond donors (Lipinski definition) is 3. The molecule has 8 heteroatoms. The van der Waals surface area contributed by atoms with Crippen LogP contribution in [0.15, 0.2) is 24.6 Å². The molecular weight excluding hydrogens is 387 g/mol. The molecule has 2 fully saturated rings. The van der Waals surface area contributed by atoms with E-state index in [1.807, 2.05) is 0 Å². The maximum Gasteiger partial charge on any atom is 0.270 e. The van der Waals surface area contributed by atoms with Crippen molar-refractivity contribution in [1.29, 1.82) is 0 Å². The van der Waals surface area contributed by atoms with Crippen LogP contribution in [0.4, 0.5) is 0 Å². The molecule has 2 atom stereocenters. The van der Waals surface area contributed by atoms with Gasteiger partial charge >= 0.3 is 0 Å². The molecule has 1 heterocycles. The van der Waals surface area contributed by atoms with E-state index in [4.69, 9.17) is 4.43 Å². The van der Waals surface area contributed by atoms with Crippen molar-refractivity contribution in [2.75, 3.05) is 0 Å². The van der Waals surface area contributed by atoms with Crippen LogP contribution in [0.2, 0.25) is 39.3 Å². The monoisotopic (exact) mass is 423 g/mol. The molecule has 146 valence electrons. The van der Waals surface area contributed by atoms with Crippen molar-refractivity contribution in [1.82, 2.24) is 13.9 Å². The molecule has 2 rings (SSSR count). The van der Waals surface area contributed by atoms with Gasteiger partial charge in [-0.1, -0.05) is 29.3 Å². The Labute approximate surface area is 164 Å². The molecule has 0 aromatic heterocycles. The second kappa shape index (κ2) is 7.64. The van der Waals surface area contributed by atoms with Gasteiger partial charge in [0.15, 0.2) is 8.32 Å². The molecule has 1 saturated carbocycles. The number of hydrogen-bond acceptors (Lipinski definition) is 4. The lowest BCUT2D eigenvalue weighted by Crippen LogP contribution is -2.89. The smallest absolute Gasteiger partial charge is 0.270 e. The maximum absolute atomic E-state index is 6.66. The minimum Gasteiger partial charge on any atom is -0.402 e. The van der Waals surface area contributed by atoms with Gasteiger partial charge in [-0.2, -0.15) is 0 Å². The number of nitrogens with one attached hydrogen (secondary N) is 3. The van der Waals surface area contributed by atoms with Crippen molar-refractivity contribution >= 4 is 33.5 Å². The second-order valence-corrected chi connectivity index (χ2v) is 24.9. The van der Waals surface area contributed by atoms with Crippen LogP contribution in [0.1, 0.15) is 32.1 Å². The van der Waals surface area contributed by atoms with Crippen LogP contribution in [-0.4, -0.2) is 39.1 Å². The topological polar surface area (TPSA) is 45.3 Å². The van der Waals surface area contributed by atoms with Gasteiger partial charge in [-0.05, 0) is 65.0 Å². The highest BCUT2D eigenvalue weighted by Crippen LogP contribution is 2.34. The summed E-state index contributed by atoms with van der Waals surface area (Å²) in [6, 6.07) is 0. The van der Waals surface area contributed by atoms with Gasteiger partial charge < -0.3 is 18.4 Å². The maximum atomic E-state index is 6.66. The molecule has 1 aliphatic carbocycles. The predicted molar refractivity (Wildman–Crippen MR) is 123 cm³/mol. The Bertz CT molecular complexity index is 596. The minimum absolute atomic E-state index is 0.245. The lowest BCUT2D eigenvalue weighted by Gasteiger charge is -2.49. The van der Waals surface area contributed by atoms with Crippen molar-refractivity contribution in [2.24, 2.45) is 0 Å². The summed E-state index contributed by atoms with van der Waals surface area (Å²) in [4.78, 5) is 0. The van der Waals surface area contributed by atoms with E-state index < -0.39 is 33.5 Å². The Morgan fingerprint density at radius 1 is 0.923 bits per heavy atom. The van der Waals surface area contributed by atoms with Crippen molar-refractivity contribution in [2.45, 2.75) is 77.0 Å². The molecule has 26 heavy (non-hydrogen) atoms. The summed E-state index contributed by atoms with van der Waals surface area (Å²) in [5.74, 6) is 3.67. The quantitative estimate of drug-likeness (QED) is 0.478. The Hall–Kier alpha value is -0.252. The Kier molecular flexibility index (Phi) is 6.47. The minimum atomic E-state index is -2.16. The Morgan fingerprint density at radius 3 is 1.85 bits per heavy atom. The third-order valence-electron chi connectivity index (χ3n) is 5.06. The summed E-state index contributed by atoms with van der Waals surface area (Å²) in [5, 5.41) is 0. The molecule has 0 aromatic rings. The van der Waals surface area contributed by atoms with Gasteiger partial charge in [0.1, 0.15) is 5.60 Å². The van der Waals surface area contributed by atoms with Gasteiger partial charge in [-0.3, -0.25) is 0 Å². The van der Waals surface area contributed by atoms with Crippen molar-refractivity contribution in [3.8, 4) is 11.5 Å². The summed E-state index contributed by atoms with van der Waals surface area (Å²) in [6.07, 6.45) is 5.88. The summed E-state index contributed by atoms with van der Waals surface area (Å²) >= 11 is 0. The third kappa shape index (κ3) is 5.62. The van der Waals surface area contributed by atoms with Gasteiger partial charge in [0.25, 0.3) is 8.40 Å².